The highest BCUT2D eigenvalue weighted by molar-refractivity contribution is 7.99. The van der Waals surface area contributed by atoms with Gasteiger partial charge in [-0.15, -0.1) is 11.8 Å². The summed E-state index contributed by atoms with van der Waals surface area (Å²) in [6.07, 6.45) is 3.45. The fourth-order valence-electron chi connectivity index (χ4n) is 1.54. The van der Waals surface area contributed by atoms with Gasteiger partial charge in [-0.05, 0) is 31.2 Å². The van der Waals surface area contributed by atoms with Crippen molar-refractivity contribution in [3.8, 4) is 0 Å². The Bertz CT molecular complexity index is 476. The largest absolute Gasteiger partial charge is 0.468 e. The van der Waals surface area contributed by atoms with Gasteiger partial charge in [-0.2, -0.15) is 0 Å². The molecule has 5 heteroatoms. The van der Waals surface area contributed by atoms with E-state index in [1.54, 1.807) is 24.2 Å². The lowest BCUT2D eigenvalue weighted by molar-refractivity contribution is 0.438. The molecule has 0 amide bonds. The molecule has 1 unspecified atom stereocenters. The van der Waals surface area contributed by atoms with Crippen molar-refractivity contribution >= 4 is 23.4 Å². The van der Waals surface area contributed by atoms with Crippen LogP contribution in [0.2, 0.25) is 5.02 Å². The number of aromatic nitrogens is 1. The molecule has 0 fully saturated rings. The van der Waals surface area contributed by atoms with Crippen molar-refractivity contribution in [3.05, 3.63) is 47.5 Å². The fourth-order valence-corrected chi connectivity index (χ4v) is 2.58. The minimum absolute atomic E-state index is 0.222. The first-order valence-corrected chi connectivity index (χ1v) is 7.14. The Morgan fingerprint density at radius 3 is 3.06 bits per heavy atom. The van der Waals surface area contributed by atoms with E-state index >= 15 is 0 Å². The van der Waals surface area contributed by atoms with Gasteiger partial charge in [-0.3, -0.25) is 0 Å². The SMILES string of the molecule is CC(NCCSc1ncccc1Cl)c1ccco1. The Balaban J connectivity index is 1.72. The molecular weight excluding hydrogens is 268 g/mol. The number of hydrogen-bond donors (Lipinski definition) is 1. The molecule has 96 valence electrons. The number of halogens is 1. The Labute approximate surface area is 116 Å². The van der Waals surface area contributed by atoms with Gasteiger partial charge in [0.15, 0.2) is 0 Å². The molecule has 0 radical (unpaired) electrons. The van der Waals surface area contributed by atoms with Crippen molar-refractivity contribution in [3.63, 3.8) is 0 Å². The van der Waals surface area contributed by atoms with Gasteiger partial charge >= 0.3 is 0 Å². The lowest BCUT2D eigenvalue weighted by Crippen LogP contribution is -2.20. The summed E-state index contributed by atoms with van der Waals surface area (Å²) in [5, 5.41) is 4.98. The van der Waals surface area contributed by atoms with Crippen molar-refractivity contribution in [2.24, 2.45) is 0 Å². The third kappa shape index (κ3) is 3.77. The monoisotopic (exact) mass is 282 g/mol. The molecule has 18 heavy (non-hydrogen) atoms. The zero-order valence-electron chi connectivity index (χ0n) is 10.1. The van der Waals surface area contributed by atoms with Crippen molar-refractivity contribution < 1.29 is 4.42 Å². The maximum absolute atomic E-state index is 6.03. The Morgan fingerprint density at radius 2 is 2.33 bits per heavy atom. The second-order valence-electron chi connectivity index (χ2n) is 3.83. The average Bonchev–Trinajstić information content (AvgIpc) is 2.90. The van der Waals surface area contributed by atoms with Gasteiger partial charge in [0.25, 0.3) is 0 Å². The molecule has 0 aliphatic heterocycles. The van der Waals surface area contributed by atoms with E-state index in [2.05, 4.69) is 17.2 Å². The Hall–Kier alpha value is -0.970. The second-order valence-corrected chi connectivity index (χ2v) is 5.32. The number of nitrogens with zero attached hydrogens (tertiary/aromatic N) is 1. The van der Waals surface area contributed by atoms with Crippen molar-refractivity contribution in [1.82, 2.24) is 10.3 Å². The van der Waals surface area contributed by atoms with Crippen LogP contribution in [-0.2, 0) is 0 Å². The molecule has 0 saturated heterocycles. The van der Waals surface area contributed by atoms with Crippen LogP contribution in [0.3, 0.4) is 0 Å². The van der Waals surface area contributed by atoms with E-state index in [9.17, 15) is 0 Å². The number of rotatable bonds is 6. The maximum Gasteiger partial charge on any atom is 0.120 e. The van der Waals surface area contributed by atoms with Crippen LogP contribution in [0, 0.1) is 0 Å². The van der Waals surface area contributed by atoms with Crippen LogP contribution in [0.5, 0.6) is 0 Å². The molecule has 1 N–H and O–H groups in total. The first kappa shape index (κ1) is 13.5. The highest BCUT2D eigenvalue weighted by atomic mass is 35.5. The summed E-state index contributed by atoms with van der Waals surface area (Å²) in [7, 11) is 0. The summed E-state index contributed by atoms with van der Waals surface area (Å²) < 4.78 is 5.33. The van der Waals surface area contributed by atoms with Crippen molar-refractivity contribution in [2.45, 2.75) is 18.0 Å². The van der Waals surface area contributed by atoms with Crippen LogP contribution in [-0.4, -0.2) is 17.3 Å². The van der Waals surface area contributed by atoms with Crippen LogP contribution in [0.1, 0.15) is 18.7 Å². The molecule has 0 bridgehead atoms. The zero-order valence-corrected chi connectivity index (χ0v) is 11.7. The molecule has 2 aromatic rings. The van der Waals surface area contributed by atoms with Crippen LogP contribution >= 0.6 is 23.4 Å². The van der Waals surface area contributed by atoms with E-state index < -0.39 is 0 Å². The molecule has 0 spiro atoms. The first-order valence-electron chi connectivity index (χ1n) is 5.77. The number of furan rings is 1. The smallest absolute Gasteiger partial charge is 0.120 e. The van der Waals surface area contributed by atoms with Gasteiger partial charge < -0.3 is 9.73 Å². The molecule has 0 saturated carbocycles. The molecular formula is C13H15ClN2OS. The number of nitrogens with one attached hydrogen (secondary N) is 1. The lowest BCUT2D eigenvalue weighted by Gasteiger charge is -2.10. The van der Waals surface area contributed by atoms with Gasteiger partial charge in [-0.1, -0.05) is 11.6 Å². The van der Waals surface area contributed by atoms with E-state index in [1.165, 1.54) is 0 Å². The molecule has 2 heterocycles. The third-order valence-electron chi connectivity index (χ3n) is 2.49. The molecule has 0 aromatic carbocycles. The molecule has 2 aromatic heterocycles. The highest BCUT2D eigenvalue weighted by Gasteiger charge is 2.07. The Morgan fingerprint density at radius 1 is 1.44 bits per heavy atom. The van der Waals surface area contributed by atoms with Crippen LogP contribution in [0.25, 0.3) is 0 Å². The average molecular weight is 283 g/mol. The first-order chi connectivity index (χ1) is 8.77. The van der Waals surface area contributed by atoms with Gasteiger partial charge in [0.1, 0.15) is 10.8 Å². The number of hydrogen-bond acceptors (Lipinski definition) is 4. The summed E-state index contributed by atoms with van der Waals surface area (Å²) >= 11 is 7.68. The van der Waals surface area contributed by atoms with Crippen LogP contribution in [0.4, 0.5) is 0 Å². The standard InChI is InChI=1S/C13H15ClN2OS/c1-10(12-5-3-8-17-12)15-7-9-18-13-11(14)4-2-6-16-13/h2-6,8,10,15H,7,9H2,1H3. The summed E-state index contributed by atoms with van der Waals surface area (Å²) in [5.41, 5.74) is 0. The summed E-state index contributed by atoms with van der Waals surface area (Å²) in [5.74, 6) is 1.87. The van der Waals surface area contributed by atoms with Gasteiger partial charge in [-0.25, -0.2) is 4.98 Å². The summed E-state index contributed by atoms with van der Waals surface area (Å²) in [4.78, 5) is 4.23. The van der Waals surface area contributed by atoms with Gasteiger partial charge in [0, 0.05) is 18.5 Å². The number of pyridine rings is 1. The van der Waals surface area contributed by atoms with Gasteiger partial charge in [0.05, 0.1) is 17.3 Å². The lowest BCUT2D eigenvalue weighted by atomic mass is 10.2. The predicted octanol–water partition coefficient (Wildman–Crippen LogP) is 3.77. The predicted molar refractivity (Wildman–Crippen MR) is 75.1 cm³/mol. The number of thioether (sulfide) groups is 1. The zero-order chi connectivity index (χ0) is 12.8. The van der Waals surface area contributed by atoms with E-state index in [0.29, 0.717) is 5.02 Å². The fraction of sp³-hybridized carbons (Fsp3) is 0.308. The van der Waals surface area contributed by atoms with E-state index in [-0.39, 0.29) is 6.04 Å². The topological polar surface area (TPSA) is 38.1 Å². The molecule has 2 rings (SSSR count). The maximum atomic E-state index is 6.03. The quantitative estimate of drug-likeness (QED) is 0.646. The van der Waals surface area contributed by atoms with E-state index in [4.69, 9.17) is 16.0 Å². The van der Waals surface area contributed by atoms with Crippen molar-refractivity contribution in [2.75, 3.05) is 12.3 Å². The molecule has 0 aliphatic rings. The highest BCUT2D eigenvalue weighted by Crippen LogP contribution is 2.23. The van der Waals surface area contributed by atoms with Crippen LogP contribution < -0.4 is 5.32 Å². The Kier molecular flexibility index (Phi) is 5.11. The van der Waals surface area contributed by atoms with Crippen LogP contribution in [0.15, 0.2) is 46.2 Å². The molecule has 3 nitrogen and oxygen atoms in total. The van der Waals surface area contributed by atoms with Gasteiger partial charge in [0.2, 0.25) is 0 Å². The second kappa shape index (κ2) is 6.83. The normalized spacial score (nSPS) is 12.6. The minimum atomic E-state index is 0.222. The van der Waals surface area contributed by atoms with E-state index in [0.717, 1.165) is 23.1 Å². The van der Waals surface area contributed by atoms with Crippen molar-refractivity contribution in [1.29, 1.82) is 0 Å². The van der Waals surface area contributed by atoms with E-state index in [1.807, 2.05) is 24.3 Å². The molecule has 0 aliphatic carbocycles. The third-order valence-corrected chi connectivity index (χ3v) is 3.91. The summed E-state index contributed by atoms with van der Waals surface area (Å²) in [6, 6.07) is 7.79. The minimum Gasteiger partial charge on any atom is -0.468 e. The summed E-state index contributed by atoms with van der Waals surface area (Å²) in [6.45, 7) is 2.96. The molecule has 1 atom stereocenters.